The van der Waals surface area contributed by atoms with Crippen molar-refractivity contribution in [2.45, 2.75) is 32.1 Å². The number of carbonyl (C=O) groups excluding carboxylic acids is 1. The molecule has 4 bridgehead atoms. The van der Waals surface area contributed by atoms with Crippen LogP contribution in [0.2, 0.25) is 0 Å². The van der Waals surface area contributed by atoms with E-state index in [-0.39, 0.29) is 0 Å². The van der Waals surface area contributed by atoms with E-state index in [1.165, 1.54) is 25.7 Å². The van der Waals surface area contributed by atoms with Crippen molar-refractivity contribution in [3.05, 3.63) is 0 Å². The topological polar surface area (TPSA) is 17.1 Å². The summed E-state index contributed by atoms with van der Waals surface area (Å²) in [6.07, 6.45) is 6.36. The van der Waals surface area contributed by atoms with Gasteiger partial charge in [0.2, 0.25) is 0 Å². The van der Waals surface area contributed by atoms with E-state index in [1.54, 1.807) is 0 Å². The van der Waals surface area contributed by atoms with Crippen LogP contribution < -0.4 is 0 Å². The van der Waals surface area contributed by atoms with Gasteiger partial charge in [0.15, 0.2) is 0 Å². The van der Waals surface area contributed by atoms with Gasteiger partial charge in [-0.25, -0.2) is 0 Å². The van der Waals surface area contributed by atoms with Crippen LogP contribution in [0, 0.1) is 23.7 Å². The molecule has 0 saturated heterocycles. The van der Waals surface area contributed by atoms with Crippen molar-refractivity contribution in [1.29, 1.82) is 0 Å². The average molecular weight is 150 g/mol. The molecule has 60 valence electrons. The maximum atomic E-state index is 11.5. The van der Waals surface area contributed by atoms with Crippen LogP contribution in [-0.2, 0) is 4.79 Å². The van der Waals surface area contributed by atoms with Crippen LogP contribution in [0.25, 0.3) is 0 Å². The Kier molecular flexibility index (Phi) is 1.06. The molecule has 4 fully saturated rings. The molecule has 0 aromatic rings. The second-order valence-electron chi connectivity index (χ2n) is 4.54. The van der Waals surface area contributed by atoms with Crippen LogP contribution in [0.5, 0.6) is 0 Å². The lowest BCUT2D eigenvalue weighted by Gasteiger charge is -2.07. The van der Waals surface area contributed by atoms with E-state index in [4.69, 9.17) is 0 Å². The molecule has 0 aromatic heterocycles. The van der Waals surface area contributed by atoms with Crippen LogP contribution in [-0.4, -0.2) is 5.78 Å². The third kappa shape index (κ3) is 0.743. The summed E-state index contributed by atoms with van der Waals surface area (Å²) < 4.78 is 0. The predicted molar refractivity (Wildman–Crippen MR) is 42.1 cm³/mol. The van der Waals surface area contributed by atoms with Crippen molar-refractivity contribution in [2.75, 3.05) is 0 Å². The van der Waals surface area contributed by atoms with Crippen molar-refractivity contribution in [3.8, 4) is 0 Å². The molecule has 1 heteroatoms. The first kappa shape index (κ1) is 6.22. The number of hydrogen-bond acceptors (Lipinski definition) is 1. The average Bonchev–Trinajstić information content (AvgIpc) is 2.64. The van der Waals surface area contributed by atoms with Gasteiger partial charge < -0.3 is 0 Å². The number of Topliss-reactive ketones (excluding diaryl/α,β-unsaturated/α-hetero) is 1. The summed E-state index contributed by atoms with van der Waals surface area (Å²) >= 11 is 0. The normalized spacial score (nSPS) is 53.6. The Morgan fingerprint density at radius 3 is 2.27 bits per heavy atom. The first-order valence-electron chi connectivity index (χ1n) is 4.89. The Balaban J connectivity index is 1.97. The Hall–Kier alpha value is -0.330. The zero-order chi connectivity index (χ0) is 7.42. The molecule has 2 unspecified atom stereocenters. The molecule has 0 aliphatic heterocycles. The van der Waals surface area contributed by atoms with Gasteiger partial charge in [-0.05, 0) is 43.4 Å². The summed E-state index contributed by atoms with van der Waals surface area (Å²) in [4.78, 5) is 11.5. The summed E-state index contributed by atoms with van der Waals surface area (Å²) in [5.41, 5.74) is 0. The lowest BCUT2D eigenvalue weighted by Crippen LogP contribution is -2.04. The molecule has 11 heavy (non-hydrogen) atoms. The predicted octanol–water partition coefficient (Wildman–Crippen LogP) is 2.01. The monoisotopic (exact) mass is 150 g/mol. The molecule has 4 aliphatic carbocycles. The van der Waals surface area contributed by atoms with Crippen LogP contribution in [0.4, 0.5) is 0 Å². The fourth-order valence-corrected chi connectivity index (χ4v) is 3.34. The molecule has 0 N–H and O–H groups in total. The summed E-state index contributed by atoms with van der Waals surface area (Å²) in [5.74, 6) is 3.62. The Morgan fingerprint density at radius 1 is 1.00 bits per heavy atom. The molecule has 0 radical (unpaired) electrons. The second kappa shape index (κ2) is 1.88. The minimum absolute atomic E-state index is 0.544. The van der Waals surface area contributed by atoms with E-state index in [0.717, 1.165) is 24.2 Å². The highest BCUT2D eigenvalue weighted by molar-refractivity contribution is 5.85. The molecule has 4 rings (SSSR count). The van der Waals surface area contributed by atoms with E-state index in [0.29, 0.717) is 11.7 Å². The molecule has 2 atom stereocenters. The third-order valence-corrected chi connectivity index (χ3v) is 4.01. The van der Waals surface area contributed by atoms with Gasteiger partial charge in [0.05, 0.1) is 0 Å². The molecular formula is C10H14O. The second-order valence-corrected chi connectivity index (χ2v) is 4.54. The highest BCUT2D eigenvalue weighted by Crippen LogP contribution is 2.59. The molecule has 0 heterocycles. The van der Waals surface area contributed by atoms with E-state index < -0.39 is 0 Å². The molecule has 0 spiro atoms. The van der Waals surface area contributed by atoms with Gasteiger partial charge in [-0.3, -0.25) is 4.79 Å². The highest BCUT2D eigenvalue weighted by atomic mass is 16.1. The zero-order valence-electron chi connectivity index (χ0n) is 6.75. The van der Waals surface area contributed by atoms with E-state index in [9.17, 15) is 4.79 Å². The molecular weight excluding hydrogens is 136 g/mol. The van der Waals surface area contributed by atoms with Crippen molar-refractivity contribution in [2.24, 2.45) is 23.7 Å². The fraction of sp³-hybridized carbons (Fsp3) is 0.900. The highest BCUT2D eigenvalue weighted by Gasteiger charge is 2.56. The number of rotatable bonds is 0. The Bertz CT molecular complexity index is 191. The smallest absolute Gasteiger partial charge is 0.136 e. The zero-order valence-corrected chi connectivity index (χ0v) is 6.75. The Morgan fingerprint density at radius 2 is 1.64 bits per heavy atom. The van der Waals surface area contributed by atoms with Crippen LogP contribution in [0.1, 0.15) is 32.1 Å². The quantitative estimate of drug-likeness (QED) is 0.516. The number of fused-ring (bicyclic) bond motifs is 3. The van der Waals surface area contributed by atoms with Gasteiger partial charge in [0.1, 0.15) is 5.78 Å². The van der Waals surface area contributed by atoms with Gasteiger partial charge in [-0.1, -0.05) is 0 Å². The van der Waals surface area contributed by atoms with E-state index in [2.05, 4.69) is 0 Å². The first-order chi connectivity index (χ1) is 5.36. The molecule has 4 aliphatic rings. The lowest BCUT2D eigenvalue weighted by molar-refractivity contribution is -0.121. The van der Waals surface area contributed by atoms with Crippen molar-refractivity contribution >= 4 is 5.78 Å². The summed E-state index contributed by atoms with van der Waals surface area (Å²) in [5, 5.41) is 0. The van der Waals surface area contributed by atoms with Gasteiger partial charge >= 0.3 is 0 Å². The van der Waals surface area contributed by atoms with Gasteiger partial charge in [0.25, 0.3) is 0 Å². The van der Waals surface area contributed by atoms with Gasteiger partial charge in [0, 0.05) is 12.3 Å². The number of hydrogen-bond donors (Lipinski definition) is 0. The minimum atomic E-state index is 0.544. The van der Waals surface area contributed by atoms with Crippen molar-refractivity contribution in [1.82, 2.24) is 0 Å². The van der Waals surface area contributed by atoms with Crippen LogP contribution in [0.15, 0.2) is 0 Å². The van der Waals surface area contributed by atoms with Crippen molar-refractivity contribution < 1.29 is 4.79 Å². The summed E-state index contributed by atoms with van der Waals surface area (Å²) in [7, 11) is 0. The molecule has 1 nitrogen and oxygen atoms in total. The number of ketones is 1. The third-order valence-electron chi connectivity index (χ3n) is 4.01. The van der Waals surface area contributed by atoms with Crippen LogP contribution in [0.3, 0.4) is 0 Å². The molecule has 0 aromatic carbocycles. The summed E-state index contributed by atoms with van der Waals surface area (Å²) in [6, 6.07) is 0. The first-order valence-corrected chi connectivity index (χ1v) is 4.89. The standard InChI is InChI=1S/C10H14O/c11-9-5-6-1-3-7-8(4-2-6)10(7)9/h6-8,10H,1-5H2. The lowest BCUT2D eigenvalue weighted by atomic mass is 9.97. The Labute approximate surface area is 67.2 Å². The maximum absolute atomic E-state index is 11.5. The van der Waals surface area contributed by atoms with Crippen LogP contribution >= 0.6 is 0 Å². The van der Waals surface area contributed by atoms with E-state index in [1.807, 2.05) is 0 Å². The van der Waals surface area contributed by atoms with Gasteiger partial charge in [-0.15, -0.1) is 0 Å². The largest absolute Gasteiger partial charge is 0.299 e. The van der Waals surface area contributed by atoms with Crippen molar-refractivity contribution in [3.63, 3.8) is 0 Å². The molecule has 0 amide bonds. The SMILES string of the molecule is O=C1CC2CCC3C(CC2)C13. The molecule has 4 saturated carbocycles. The fourth-order valence-electron chi connectivity index (χ4n) is 3.34. The number of carbonyl (C=O) groups is 1. The maximum Gasteiger partial charge on any atom is 0.136 e. The summed E-state index contributed by atoms with van der Waals surface area (Å²) in [6.45, 7) is 0. The minimum Gasteiger partial charge on any atom is -0.299 e. The van der Waals surface area contributed by atoms with Gasteiger partial charge in [-0.2, -0.15) is 0 Å². The van der Waals surface area contributed by atoms with E-state index >= 15 is 0 Å².